The zero-order chi connectivity index (χ0) is 20.5. The average molecular weight is 412 g/mol. The molecule has 0 saturated carbocycles. The first-order valence-electron chi connectivity index (χ1n) is 7.72. The second kappa shape index (κ2) is 10.2. The number of nitrogens with one attached hydrogen (secondary N) is 1. The van der Waals surface area contributed by atoms with Gasteiger partial charge in [0.05, 0.1) is 21.3 Å². The molecule has 0 saturated heterocycles. The Labute approximate surface area is 162 Å². The summed E-state index contributed by atoms with van der Waals surface area (Å²) in [4.78, 5) is 34.2. The van der Waals surface area contributed by atoms with Crippen molar-refractivity contribution in [2.45, 2.75) is 11.5 Å². The minimum absolute atomic E-state index is 0.00173. The fourth-order valence-electron chi connectivity index (χ4n) is 2.01. The van der Waals surface area contributed by atoms with Crippen molar-refractivity contribution in [3.8, 4) is 5.75 Å². The molecule has 2 rings (SSSR count). The molecule has 2 aromatic rings. The first-order chi connectivity index (χ1) is 13.4. The molecule has 0 unspecified atom stereocenters. The van der Waals surface area contributed by atoms with Crippen LogP contribution >= 0.6 is 11.8 Å². The van der Waals surface area contributed by atoms with E-state index in [0.29, 0.717) is 0 Å². The van der Waals surface area contributed by atoms with E-state index in [0.717, 1.165) is 11.8 Å². The molecular formula is C17H14F2N2O6S. The molecule has 8 nitrogen and oxygen atoms in total. The number of hydrogen-bond acceptors (Lipinski definition) is 7. The molecule has 0 heterocycles. The molecule has 2 aromatic carbocycles. The second-order valence-corrected chi connectivity index (χ2v) is 6.11. The van der Waals surface area contributed by atoms with Crippen LogP contribution in [0.1, 0.15) is 0 Å². The number of ether oxygens (including phenoxy) is 2. The van der Waals surface area contributed by atoms with Crippen molar-refractivity contribution < 1.29 is 32.8 Å². The lowest BCUT2D eigenvalue weighted by Crippen LogP contribution is -2.22. The summed E-state index contributed by atoms with van der Waals surface area (Å²) in [6.45, 7) is -3.71. The van der Waals surface area contributed by atoms with Crippen LogP contribution in [0.15, 0.2) is 53.4 Å². The quantitative estimate of drug-likeness (QED) is 0.291. The third-order valence-corrected chi connectivity index (χ3v) is 4.19. The van der Waals surface area contributed by atoms with Crippen molar-refractivity contribution in [1.82, 2.24) is 0 Å². The first kappa shape index (κ1) is 21.1. The third-order valence-electron chi connectivity index (χ3n) is 3.15. The molecule has 0 aliphatic heterocycles. The van der Waals surface area contributed by atoms with Crippen molar-refractivity contribution in [3.63, 3.8) is 0 Å². The zero-order valence-electron chi connectivity index (χ0n) is 14.2. The van der Waals surface area contributed by atoms with E-state index in [2.05, 4.69) is 10.1 Å². The highest BCUT2D eigenvalue weighted by Gasteiger charge is 2.16. The molecule has 0 bridgehead atoms. The number of anilines is 1. The maximum atomic E-state index is 12.3. The average Bonchev–Trinajstić information content (AvgIpc) is 2.66. The van der Waals surface area contributed by atoms with E-state index in [4.69, 9.17) is 4.74 Å². The van der Waals surface area contributed by atoms with Gasteiger partial charge < -0.3 is 14.8 Å². The van der Waals surface area contributed by atoms with Gasteiger partial charge in [0, 0.05) is 6.07 Å². The molecule has 148 valence electrons. The lowest BCUT2D eigenvalue weighted by molar-refractivity contribution is -0.387. The van der Waals surface area contributed by atoms with Gasteiger partial charge in [-0.1, -0.05) is 24.3 Å². The van der Waals surface area contributed by atoms with E-state index in [1.807, 2.05) is 0 Å². The lowest BCUT2D eigenvalue weighted by atomic mass is 10.3. The molecule has 11 heteroatoms. The SMILES string of the molecule is O=C(COC(=O)CSc1ccccc1[N+](=O)[O-])Nc1ccccc1OC(F)F. The number of nitro benzene ring substituents is 1. The van der Waals surface area contributed by atoms with Crippen LogP contribution in [0.5, 0.6) is 5.75 Å². The van der Waals surface area contributed by atoms with Gasteiger partial charge in [0.25, 0.3) is 11.6 Å². The maximum absolute atomic E-state index is 12.3. The second-order valence-electron chi connectivity index (χ2n) is 5.10. The molecule has 0 fully saturated rings. The van der Waals surface area contributed by atoms with Gasteiger partial charge >= 0.3 is 12.6 Å². The summed E-state index contributed by atoms with van der Waals surface area (Å²) in [6, 6.07) is 11.4. The van der Waals surface area contributed by atoms with Gasteiger partial charge in [-0.15, -0.1) is 11.8 Å². The number of amides is 1. The Morgan fingerprint density at radius 1 is 1.14 bits per heavy atom. The van der Waals surface area contributed by atoms with Gasteiger partial charge in [0.1, 0.15) is 5.75 Å². The van der Waals surface area contributed by atoms with E-state index in [9.17, 15) is 28.5 Å². The molecule has 0 aliphatic rings. The molecule has 1 N–H and O–H groups in total. The highest BCUT2D eigenvalue weighted by atomic mass is 32.2. The predicted molar refractivity (Wildman–Crippen MR) is 96.5 cm³/mol. The highest BCUT2D eigenvalue weighted by Crippen LogP contribution is 2.28. The zero-order valence-corrected chi connectivity index (χ0v) is 15.0. The number of esters is 1. The fraction of sp³-hybridized carbons (Fsp3) is 0.176. The summed E-state index contributed by atoms with van der Waals surface area (Å²) >= 11 is 0.897. The summed E-state index contributed by atoms with van der Waals surface area (Å²) in [5.41, 5.74) is -0.146. The van der Waals surface area contributed by atoms with Crippen LogP contribution in [0, 0.1) is 10.1 Å². The Morgan fingerprint density at radius 2 is 1.82 bits per heavy atom. The topological polar surface area (TPSA) is 108 Å². The van der Waals surface area contributed by atoms with Crippen LogP contribution < -0.4 is 10.1 Å². The van der Waals surface area contributed by atoms with Gasteiger partial charge in [-0.2, -0.15) is 8.78 Å². The predicted octanol–water partition coefficient (Wildman–Crippen LogP) is 3.47. The normalized spacial score (nSPS) is 10.4. The Bertz CT molecular complexity index is 865. The summed E-state index contributed by atoms with van der Waals surface area (Å²) in [5.74, 6) is -2.00. The van der Waals surface area contributed by atoms with E-state index >= 15 is 0 Å². The van der Waals surface area contributed by atoms with Gasteiger partial charge in [-0.25, -0.2) is 0 Å². The van der Waals surface area contributed by atoms with Gasteiger partial charge in [0.15, 0.2) is 6.61 Å². The molecule has 0 atom stereocenters. The van der Waals surface area contributed by atoms with E-state index in [-0.39, 0.29) is 27.8 Å². The Kier molecular flexibility index (Phi) is 7.69. The number of benzene rings is 2. The maximum Gasteiger partial charge on any atom is 0.387 e. The molecule has 0 spiro atoms. The van der Waals surface area contributed by atoms with Crippen LogP contribution in [-0.4, -0.2) is 35.8 Å². The highest BCUT2D eigenvalue weighted by molar-refractivity contribution is 8.00. The molecule has 1 amide bonds. The number of halogens is 2. The Balaban J connectivity index is 1.84. The number of nitrogens with zero attached hydrogens (tertiary/aromatic N) is 1. The number of nitro groups is 1. The van der Waals surface area contributed by atoms with Gasteiger partial charge in [0.2, 0.25) is 0 Å². The molecule has 0 aromatic heterocycles. The van der Waals surface area contributed by atoms with E-state index < -0.39 is 30.0 Å². The number of thioether (sulfide) groups is 1. The largest absolute Gasteiger partial charge is 0.455 e. The Hall–Kier alpha value is -3.21. The van der Waals surface area contributed by atoms with Crippen LogP contribution in [0.25, 0.3) is 0 Å². The molecular weight excluding hydrogens is 398 g/mol. The standard InChI is InChI=1S/C17H14F2N2O6S/c18-17(19)27-13-7-3-1-5-11(13)20-15(22)9-26-16(23)10-28-14-8-4-2-6-12(14)21(24)25/h1-8,17H,9-10H2,(H,20,22). The Morgan fingerprint density at radius 3 is 2.54 bits per heavy atom. The number of para-hydroxylation sites is 3. The summed E-state index contributed by atoms with van der Waals surface area (Å²) < 4.78 is 33.8. The van der Waals surface area contributed by atoms with Crippen LogP contribution in [0.2, 0.25) is 0 Å². The number of carbonyl (C=O) groups excluding carboxylic acids is 2. The first-order valence-corrected chi connectivity index (χ1v) is 8.71. The number of hydrogen-bond donors (Lipinski definition) is 1. The molecule has 28 heavy (non-hydrogen) atoms. The summed E-state index contributed by atoms with van der Waals surface area (Å²) in [5, 5.41) is 13.2. The number of carbonyl (C=O) groups is 2. The fourth-order valence-corrected chi connectivity index (χ4v) is 2.83. The van der Waals surface area contributed by atoms with Crippen LogP contribution in [-0.2, 0) is 14.3 Å². The van der Waals surface area contributed by atoms with Crippen molar-refractivity contribution >= 4 is 35.0 Å². The van der Waals surface area contributed by atoms with Crippen LogP contribution in [0.4, 0.5) is 20.2 Å². The van der Waals surface area contributed by atoms with Crippen molar-refractivity contribution in [2.24, 2.45) is 0 Å². The minimum Gasteiger partial charge on any atom is -0.455 e. The third kappa shape index (κ3) is 6.50. The number of rotatable bonds is 9. The van der Waals surface area contributed by atoms with Crippen molar-refractivity contribution in [3.05, 3.63) is 58.6 Å². The van der Waals surface area contributed by atoms with Crippen LogP contribution in [0.3, 0.4) is 0 Å². The minimum atomic E-state index is -3.06. The lowest BCUT2D eigenvalue weighted by Gasteiger charge is -2.11. The van der Waals surface area contributed by atoms with Crippen molar-refractivity contribution in [2.75, 3.05) is 17.7 Å². The molecule has 0 aliphatic carbocycles. The summed E-state index contributed by atoms with van der Waals surface area (Å²) in [7, 11) is 0. The van der Waals surface area contributed by atoms with Gasteiger partial charge in [-0.05, 0) is 18.2 Å². The van der Waals surface area contributed by atoms with E-state index in [1.54, 1.807) is 6.07 Å². The van der Waals surface area contributed by atoms with Crippen molar-refractivity contribution in [1.29, 1.82) is 0 Å². The summed E-state index contributed by atoms with van der Waals surface area (Å²) in [6.07, 6.45) is 0. The monoisotopic (exact) mass is 412 g/mol. The number of alkyl halides is 2. The van der Waals surface area contributed by atoms with E-state index in [1.165, 1.54) is 42.5 Å². The van der Waals surface area contributed by atoms with Gasteiger partial charge in [-0.3, -0.25) is 19.7 Å². The molecule has 0 radical (unpaired) electrons. The smallest absolute Gasteiger partial charge is 0.387 e.